The van der Waals surface area contributed by atoms with Crippen LogP contribution < -0.4 is 10.0 Å². The zero-order chi connectivity index (χ0) is 13.9. The van der Waals surface area contributed by atoms with Crippen LogP contribution >= 0.6 is 0 Å². The van der Waals surface area contributed by atoms with E-state index in [4.69, 9.17) is 4.42 Å². The Balaban J connectivity index is 1.87. The van der Waals surface area contributed by atoms with E-state index in [2.05, 4.69) is 10.0 Å². The quantitative estimate of drug-likeness (QED) is 0.712. The molecule has 0 saturated heterocycles. The van der Waals surface area contributed by atoms with Gasteiger partial charge in [0.25, 0.3) is 10.0 Å². The average Bonchev–Trinajstić information content (AvgIpc) is 2.99. The van der Waals surface area contributed by atoms with E-state index in [0.717, 1.165) is 25.7 Å². The van der Waals surface area contributed by atoms with Crippen LogP contribution in [0.1, 0.15) is 31.4 Å². The van der Waals surface area contributed by atoms with E-state index >= 15 is 0 Å². The van der Waals surface area contributed by atoms with Crippen LogP contribution in [0, 0.1) is 0 Å². The number of furan rings is 1. The van der Waals surface area contributed by atoms with Gasteiger partial charge in [-0.1, -0.05) is 12.8 Å². The van der Waals surface area contributed by atoms with Crippen LogP contribution in [-0.2, 0) is 16.6 Å². The van der Waals surface area contributed by atoms with Crippen molar-refractivity contribution in [2.45, 2.75) is 42.9 Å². The Morgan fingerprint density at radius 2 is 2.05 bits per heavy atom. The van der Waals surface area contributed by atoms with Crippen molar-refractivity contribution < 1.29 is 17.9 Å². The molecule has 7 heteroatoms. The first-order valence-electron chi connectivity index (χ1n) is 6.41. The monoisotopic (exact) mass is 288 g/mol. The van der Waals surface area contributed by atoms with Gasteiger partial charge in [0, 0.05) is 6.54 Å². The topological polar surface area (TPSA) is 91.6 Å². The van der Waals surface area contributed by atoms with Crippen molar-refractivity contribution in [3.8, 4) is 0 Å². The second-order valence-electron chi connectivity index (χ2n) is 4.96. The Bertz CT molecular complexity index is 518. The Morgan fingerprint density at radius 1 is 1.37 bits per heavy atom. The second kappa shape index (κ2) is 5.62. The third kappa shape index (κ3) is 3.56. The van der Waals surface area contributed by atoms with Gasteiger partial charge in [0.1, 0.15) is 5.76 Å². The van der Waals surface area contributed by atoms with Crippen molar-refractivity contribution >= 4 is 10.0 Å². The lowest BCUT2D eigenvalue weighted by molar-refractivity contribution is 0.0470. The fourth-order valence-electron chi connectivity index (χ4n) is 2.33. The van der Waals surface area contributed by atoms with E-state index in [0.29, 0.717) is 18.8 Å². The van der Waals surface area contributed by atoms with Gasteiger partial charge >= 0.3 is 0 Å². The molecule has 1 aromatic heterocycles. The molecular weight excluding hydrogens is 268 g/mol. The Morgan fingerprint density at radius 3 is 2.68 bits per heavy atom. The number of rotatable bonds is 6. The summed E-state index contributed by atoms with van der Waals surface area (Å²) in [6, 6.07) is 3.04. The van der Waals surface area contributed by atoms with Crippen molar-refractivity contribution in [3.05, 3.63) is 17.9 Å². The van der Waals surface area contributed by atoms with E-state index in [1.54, 1.807) is 6.07 Å². The van der Waals surface area contributed by atoms with Crippen LogP contribution in [0.4, 0.5) is 0 Å². The summed E-state index contributed by atoms with van der Waals surface area (Å²) in [4.78, 5) is 0. The van der Waals surface area contributed by atoms with E-state index < -0.39 is 15.6 Å². The minimum absolute atomic E-state index is 0.0913. The molecule has 1 saturated carbocycles. The first-order chi connectivity index (χ1) is 8.95. The van der Waals surface area contributed by atoms with Gasteiger partial charge in [-0.3, -0.25) is 0 Å². The van der Waals surface area contributed by atoms with Crippen LogP contribution in [-0.4, -0.2) is 32.7 Å². The first kappa shape index (κ1) is 14.5. The normalized spacial score (nSPS) is 18.8. The maximum Gasteiger partial charge on any atom is 0.273 e. The lowest BCUT2D eigenvalue weighted by atomic mass is 10.0. The number of aliphatic hydroxyl groups is 1. The summed E-state index contributed by atoms with van der Waals surface area (Å²) in [5.74, 6) is 0.537. The van der Waals surface area contributed by atoms with E-state index in [-0.39, 0.29) is 5.09 Å². The highest BCUT2D eigenvalue weighted by atomic mass is 32.2. The van der Waals surface area contributed by atoms with Crippen LogP contribution in [0.25, 0.3) is 0 Å². The zero-order valence-electron chi connectivity index (χ0n) is 11.0. The predicted octanol–water partition coefficient (Wildman–Crippen LogP) is 0.582. The molecule has 0 aromatic carbocycles. The van der Waals surface area contributed by atoms with Gasteiger partial charge in [0.05, 0.1) is 12.1 Å². The van der Waals surface area contributed by atoms with E-state index in [1.165, 1.54) is 13.1 Å². The molecule has 0 spiro atoms. The molecular formula is C12H20N2O4S. The van der Waals surface area contributed by atoms with Gasteiger partial charge in [0.2, 0.25) is 5.09 Å². The van der Waals surface area contributed by atoms with Crippen molar-refractivity contribution in [2.75, 3.05) is 13.6 Å². The Hall–Kier alpha value is -0.890. The van der Waals surface area contributed by atoms with Gasteiger partial charge in [-0.2, -0.15) is 0 Å². The standard InChI is InChI=1S/C12H20N2O4S/c1-13-19(16,17)11-5-4-10(18-11)8-14-9-12(15)6-2-3-7-12/h4-5,13-15H,2-3,6-9H2,1H3. The van der Waals surface area contributed by atoms with Crippen molar-refractivity contribution in [1.29, 1.82) is 0 Å². The number of sulfonamides is 1. The molecule has 6 nitrogen and oxygen atoms in total. The summed E-state index contributed by atoms with van der Waals surface area (Å²) in [5, 5.41) is 13.2. The van der Waals surface area contributed by atoms with E-state index in [9.17, 15) is 13.5 Å². The molecule has 0 radical (unpaired) electrons. The van der Waals surface area contributed by atoms with Crippen LogP contribution in [0.15, 0.2) is 21.6 Å². The third-order valence-corrected chi connectivity index (χ3v) is 4.74. The molecule has 1 aliphatic carbocycles. The molecule has 3 N–H and O–H groups in total. The Kier molecular flexibility index (Phi) is 4.29. The minimum atomic E-state index is -3.52. The maximum absolute atomic E-state index is 11.5. The Labute approximate surface area is 113 Å². The summed E-state index contributed by atoms with van der Waals surface area (Å²) in [5.41, 5.74) is -0.619. The molecule has 0 atom stereocenters. The SMILES string of the molecule is CNS(=O)(=O)c1ccc(CNCC2(O)CCCC2)o1. The van der Waals surface area contributed by atoms with E-state index in [1.807, 2.05) is 0 Å². The fraction of sp³-hybridized carbons (Fsp3) is 0.667. The fourth-order valence-corrected chi connectivity index (χ4v) is 2.99. The summed E-state index contributed by atoms with van der Waals surface area (Å²) in [6.45, 7) is 0.906. The lowest BCUT2D eigenvalue weighted by Crippen LogP contribution is -2.37. The minimum Gasteiger partial charge on any atom is -0.447 e. The lowest BCUT2D eigenvalue weighted by Gasteiger charge is -2.22. The molecule has 1 aromatic rings. The van der Waals surface area contributed by atoms with Gasteiger partial charge in [0.15, 0.2) is 0 Å². The molecule has 0 aliphatic heterocycles. The van der Waals surface area contributed by atoms with Crippen molar-refractivity contribution in [2.24, 2.45) is 0 Å². The molecule has 0 amide bonds. The maximum atomic E-state index is 11.5. The predicted molar refractivity (Wildman–Crippen MR) is 70.1 cm³/mol. The molecule has 1 fully saturated rings. The average molecular weight is 288 g/mol. The summed E-state index contributed by atoms with van der Waals surface area (Å²) in [6.07, 6.45) is 3.75. The molecule has 0 unspecified atom stereocenters. The van der Waals surface area contributed by atoms with Crippen LogP contribution in [0.2, 0.25) is 0 Å². The molecule has 108 valence electrons. The third-order valence-electron chi connectivity index (χ3n) is 3.46. The highest BCUT2D eigenvalue weighted by molar-refractivity contribution is 7.89. The van der Waals surface area contributed by atoms with Gasteiger partial charge in [-0.05, 0) is 32.0 Å². The number of hydrogen-bond donors (Lipinski definition) is 3. The highest BCUT2D eigenvalue weighted by Gasteiger charge is 2.30. The smallest absolute Gasteiger partial charge is 0.273 e. The number of nitrogens with one attached hydrogen (secondary N) is 2. The molecule has 19 heavy (non-hydrogen) atoms. The van der Waals surface area contributed by atoms with Crippen LogP contribution in [0.3, 0.4) is 0 Å². The van der Waals surface area contributed by atoms with Crippen LogP contribution in [0.5, 0.6) is 0 Å². The number of hydrogen-bond acceptors (Lipinski definition) is 5. The molecule has 1 heterocycles. The highest BCUT2D eigenvalue weighted by Crippen LogP contribution is 2.28. The summed E-state index contributed by atoms with van der Waals surface area (Å²) in [7, 11) is -2.19. The zero-order valence-corrected chi connectivity index (χ0v) is 11.8. The van der Waals surface area contributed by atoms with Crippen molar-refractivity contribution in [1.82, 2.24) is 10.0 Å². The van der Waals surface area contributed by atoms with Crippen molar-refractivity contribution in [3.63, 3.8) is 0 Å². The molecule has 1 aliphatic rings. The molecule has 2 rings (SSSR count). The second-order valence-corrected chi connectivity index (χ2v) is 6.78. The first-order valence-corrected chi connectivity index (χ1v) is 7.89. The summed E-state index contributed by atoms with van der Waals surface area (Å²) < 4.78 is 30.4. The van der Waals surface area contributed by atoms with Gasteiger partial charge < -0.3 is 14.8 Å². The summed E-state index contributed by atoms with van der Waals surface area (Å²) >= 11 is 0. The largest absolute Gasteiger partial charge is 0.447 e. The van der Waals surface area contributed by atoms with Gasteiger partial charge in [-0.25, -0.2) is 13.1 Å². The molecule has 0 bridgehead atoms. The van der Waals surface area contributed by atoms with Gasteiger partial charge in [-0.15, -0.1) is 0 Å².